The molecule has 122 valence electrons. The van der Waals surface area contributed by atoms with E-state index in [1.165, 1.54) is 0 Å². The van der Waals surface area contributed by atoms with Gasteiger partial charge in [-0.15, -0.1) is 6.58 Å². The molecule has 2 rings (SSSR count). The van der Waals surface area contributed by atoms with Gasteiger partial charge in [0.25, 0.3) is 0 Å². The Labute approximate surface area is 130 Å². The van der Waals surface area contributed by atoms with E-state index in [9.17, 15) is 14.4 Å². The van der Waals surface area contributed by atoms with E-state index in [-0.39, 0.29) is 24.4 Å². The van der Waals surface area contributed by atoms with Crippen LogP contribution in [0.25, 0.3) is 0 Å². The normalized spacial score (nSPS) is 25.2. The summed E-state index contributed by atoms with van der Waals surface area (Å²) in [6.07, 6.45) is 3.72. The van der Waals surface area contributed by atoms with Crippen LogP contribution in [0.4, 0.5) is 4.79 Å². The minimum Gasteiger partial charge on any atom is -0.368 e. The standard InChI is InChI=1S/C15H24N4O3/c1-2-5-17-15(22)19-7-3-11-8-14(21)18(10-13(16)20)6-4-12(11)9-19/h2,11-12H,1,3-10H2,(H2,16,20)(H,17,22). The molecule has 0 aliphatic carbocycles. The van der Waals surface area contributed by atoms with Gasteiger partial charge in [0.1, 0.15) is 0 Å². The zero-order chi connectivity index (χ0) is 16.1. The molecule has 0 radical (unpaired) electrons. The number of nitrogens with two attached hydrogens (primary N) is 1. The fourth-order valence-corrected chi connectivity index (χ4v) is 3.29. The summed E-state index contributed by atoms with van der Waals surface area (Å²) in [6.45, 7) is 5.87. The van der Waals surface area contributed by atoms with Crippen LogP contribution in [0.2, 0.25) is 0 Å². The minimum atomic E-state index is -0.483. The first-order valence-electron chi connectivity index (χ1n) is 7.71. The predicted octanol–water partition coefficient (Wildman–Crippen LogP) is -0.0722. The molecule has 2 atom stereocenters. The molecule has 2 unspecified atom stereocenters. The van der Waals surface area contributed by atoms with Crippen molar-refractivity contribution in [2.75, 3.05) is 32.7 Å². The molecule has 0 aromatic carbocycles. The number of hydrogen-bond acceptors (Lipinski definition) is 3. The van der Waals surface area contributed by atoms with E-state index < -0.39 is 5.91 Å². The molecule has 3 N–H and O–H groups in total. The Morgan fingerprint density at radius 2 is 2.05 bits per heavy atom. The predicted molar refractivity (Wildman–Crippen MR) is 81.8 cm³/mol. The van der Waals surface area contributed by atoms with Crippen LogP contribution >= 0.6 is 0 Å². The maximum Gasteiger partial charge on any atom is 0.317 e. The SMILES string of the molecule is C=CCNC(=O)N1CCC2CC(=O)N(CC(N)=O)CCC2C1. The number of amides is 4. The second-order valence-electron chi connectivity index (χ2n) is 6.00. The van der Waals surface area contributed by atoms with Crippen molar-refractivity contribution >= 4 is 17.8 Å². The zero-order valence-electron chi connectivity index (χ0n) is 12.8. The van der Waals surface area contributed by atoms with E-state index in [1.54, 1.807) is 15.9 Å². The van der Waals surface area contributed by atoms with Crippen LogP contribution in [0.5, 0.6) is 0 Å². The lowest BCUT2D eigenvalue weighted by molar-refractivity contribution is -0.135. The number of carbonyl (C=O) groups is 3. The summed E-state index contributed by atoms with van der Waals surface area (Å²) >= 11 is 0. The lowest BCUT2D eigenvalue weighted by Gasteiger charge is -2.37. The van der Waals surface area contributed by atoms with Crippen LogP contribution in [0, 0.1) is 11.8 Å². The summed E-state index contributed by atoms with van der Waals surface area (Å²) in [5, 5.41) is 2.79. The van der Waals surface area contributed by atoms with Gasteiger partial charge in [-0.25, -0.2) is 4.79 Å². The van der Waals surface area contributed by atoms with Gasteiger partial charge in [0.15, 0.2) is 0 Å². The molecule has 2 heterocycles. The Morgan fingerprint density at radius 3 is 2.73 bits per heavy atom. The number of nitrogens with zero attached hydrogens (tertiary/aromatic N) is 2. The van der Waals surface area contributed by atoms with E-state index in [0.29, 0.717) is 38.5 Å². The van der Waals surface area contributed by atoms with Gasteiger partial charge in [0, 0.05) is 32.6 Å². The topological polar surface area (TPSA) is 95.7 Å². The Kier molecular flexibility index (Phi) is 5.41. The van der Waals surface area contributed by atoms with Crippen LogP contribution in [-0.4, -0.2) is 60.4 Å². The molecule has 2 saturated heterocycles. The van der Waals surface area contributed by atoms with Gasteiger partial charge in [-0.2, -0.15) is 0 Å². The number of piperidine rings is 1. The first kappa shape index (κ1) is 16.3. The zero-order valence-corrected chi connectivity index (χ0v) is 12.8. The monoisotopic (exact) mass is 308 g/mol. The van der Waals surface area contributed by atoms with Crippen LogP contribution in [0.3, 0.4) is 0 Å². The minimum absolute atomic E-state index is 0.00383. The molecule has 0 aromatic rings. The second-order valence-corrected chi connectivity index (χ2v) is 6.00. The Morgan fingerprint density at radius 1 is 1.32 bits per heavy atom. The third-order valence-electron chi connectivity index (χ3n) is 4.48. The Bertz CT molecular complexity index is 466. The summed E-state index contributed by atoms with van der Waals surface area (Å²) in [7, 11) is 0. The molecular weight excluding hydrogens is 284 g/mol. The molecule has 2 aliphatic heterocycles. The average Bonchev–Trinajstić information content (AvgIpc) is 2.63. The van der Waals surface area contributed by atoms with Crippen molar-refractivity contribution in [2.24, 2.45) is 17.6 Å². The summed E-state index contributed by atoms with van der Waals surface area (Å²) in [6, 6.07) is -0.0806. The number of fused-ring (bicyclic) bond motifs is 1. The molecular formula is C15H24N4O3. The number of primary amides is 1. The van der Waals surface area contributed by atoms with Gasteiger partial charge in [-0.1, -0.05) is 6.08 Å². The fourth-order valence-electron chi connectivity index (χ4n) is 3.29. The van der Waals surface area contributed by atoms with E-state index >= 15 is 0 Å². The summed E-state index contributed by atoms with van der Waals surface area (Å²) < 4.78 is 0. The van der Waals surface area contributed by atoms with Crippen LogP contribution in [0.1, 0.15) is 19.3 Å². The number of carbonyl (C=O) groups excluding carboxylic acids is 3. The van der Waals surface area contributed by atoms with Crippen LogP contribution in [0.15, 0.2) is 12.7 Å². The molecule has 2 aliphatic rings. The van der Waals surface area contributed by atoms with Crippen molar-refractivity contribution in [1.29, 1.82) is 0 Å². The first-order chi connectivity index (χ1) is 10.5. The highest BCUT2D eigenvalue weighted by Gasteiger charge is 2.36. The van der Waals surface area contributed by atoms with Gasteiger partial charge < -0.3 is 20.9 Å². The van der Waals surface area contributed by atoms with Crippen LogP contribution in [-0.2, 0) is 9.59 Å². The number of urea groups is 1. The third kappa shape index (κ3) is 3.99. The van der Waals surface area contributed by atoms with Crippen molar-refractivity contribution in [2.45, 2.75) is 19.3 Å². The highest BCUT2D eigenvalue weighted by Crippen LogP contribution is 2.32. The molecule has 7 nitrogen and oxygen atoms in total. The van der Waals surface area contributed by atoms with E-state index in [4.69, 9.17) is 5.73 Å². The molecule has 22 heavy (non-hydrogen) atoms. The maximum atomic E-state index is 12.2. The third-order valence-corrected chi connectivity index (χ3v) is 4.48. The van der Waals surface area contributed by atoms with E-state index in [0.717, 1.165) is 12.8 Å². The smallest absolute Gasteiger partial charge is 0.317 e. The van der Waals surface area contributed by atoms with Gasteiger partial charge in [0.05, 0.1) is 6.54 Å². The molecule has 0 spiro atoms. The van der Waals surface area contributed by atoms with E-state index in [2.05, 4.69) is 11.9 Å². The van der Waals surface area contributed by atoms with Crippen molar-refractivity contribution in [3.63, 3.8) is 0 Å². The highest BCUT2D eigenvalue weighted by atomic mass is 16.2. The quantitative estimate of drug-likeness (QED) is 0.711. The second kappa shape index (κ2) is 7.29. The molecule has 0 bridgehead atoms. The lowest BCUT2D eigenvalue weighted by Crippen LogP contribution is -2.48. The van der Waals surface area contributed by atoms with Crippen molar-refractivity contribution in [1.82, 2.24) is 15.1 Å². The average molecular weight is 308 g/mol. The number of hydrogen-bond donors (Lipinski definition) is 2. The van der Waals surface area contributed by atoms with Crippen molar-refractivity contribution in [3.05, 3.63) is 12.7 Å². The van der Waals surface area contributed by atoms with Gasteiger partial charge in [-0.3, -0.25) is 9.59 Å². The largest absolute Gasteiger partial charge is 0.368 e. The van der Waals surface area contributed by atoms with Gasteiger partial charge >= 0.3 is 6.03 Å². The van der Waals surface area contributed by atoms with Crippen LogP contribution < -0.4 is 11.1 Å². The van der Waals surface area contributed by atoms with Crippen molar-refractivity contribution in [3.8, 4) is 0 Å². The maximum absolute atomic E-state index is 12.2. The Balaban J connectivity index is 1.95. The van der Waals surface area contributed by atoms with Gasteiger partial charge in [-0.05, 0) is 24.7 Å². The Hall–Kier alpha value is -2.05. The fraction of sp³-hybridized carbons (Fsp3) is 0.667. The molecule has 7 heteroatoms. The molecule has 0 saturated carbocycles. The van der Waals surface area contributed by atoms with E-state index in [1.807, 2.05) is 0 Å². The molecule has 4 amide bonds. The lowest BCUT2D eigenvalue weighted by atomic mass is 9.82. The summed E-state index contributed by atoms with van der Waals surface area (Å²) in [4.78, 5) is 38.6. The number of rotatable bonds is 4. The number of likely N-dealkylation sites (tertiary alicyclic amines) is 2. The number of nitrogens with one attached hydrogen (secondary N) is 1. The summed E-state index contributed by atoms with van der Waals surface area (Å²) in [5.41, 5.74) is 5.19. The first-order valence-corrected chi connectivity index (χ1v) is 7.71. The molecule has 2 fully saturated rings. The van der Waals surface area contributed by atoms with Crippen molar-refractivity contribution < 1.29 is 14.4 Å². The van der Waals surface area contributed by atoms with Gasteiger partial charge in [0.2, 0.25) is 11.8 Å². The molecule has 0 aromatic heterocycles. The summed E-state index contributed by atoms with van der Waals surface area (Å²) in [5.74, 6) is 0.0957. The highest BCUT2D eigenvalue weighted by molar-refractivity contribution is 5.84.